The predicted molar refractivity (Wildman–Crippen MR) is 175 cm³/mol. The second-order valence-corrected chi connectivity index (χ2v) is 13.3. The third-order valence-corrected chi connectivity index (χ3v) is 9.93. The van der Waals surface area contributed by atoms with Gasteiger partial charge < -0.3 is 4.42 Å². The molecule has 4 aromatic carbocycles. The quantitative estimate of drug-likeness (QED) is 0.209. The molecule has 2 saturated carbocycles. The lowest BCUT2D eigenvalue weighted by Crippen LogP contribution is -2.42. The van der Waals surface area contributed by atoms with Crippen LogP contribution in [0.15, 0.2) is 95.4 Å². The van der Waals surface area contributed by atoms with E-state index in [2.05, 4.69) is 50.2 Å². The van der Waals surface area contributed by atoms with Crippen molar-refractivity contribution in [1.29, 1.82) is 5.26 Å². The Balaban J connectivity index is 1.23. The molecule has 2 bridgehead atoms. The van der Waals surface area contributed by atoms with Crippen LogP contribution in [0.25, 0.3) is 56.1 Å². The van der Waals surface area contributed by atoms with E-state index in [4.69, 9.17) is 19.4 Å². The zero-order valence-electron chi connectivity index (χ0n) is 25.1. The molecule has 5 heteroatoms. The van der Waals surface area contributed by atoms with Gasteiger partial charge >= 0.3 is 0 Å². The number of nitrogens with zero attached hydrogens (tertiary/aromatic N) is 4. The number of fused-ring (bicyclic) bond motifs is 5. The smallest absolute Gasteiger partial charge is 0.164 e. The van der Waals surface area contributed by atoms with E-state index in [0.29, 0.717) is 28.6 Å². The Morgan fingerprint density at radius 1 is 0.682 bits per heavy atom. The minimum atomic E-state index is 0.284. The van der Waals surface area contributed by atoms with E-state index in [1.165, 1.54) is 37.7 Å². The van der Waals surface area contributed by atoms with E-state index in [1.54, 1.807) is 6.07 Å². The molecule has 8 rings (SSSR count). The topological polar surface area (TPSA) is 75.6 Å². The van der Waals surface area contributed by atoms with Crippen LogP contribution < -0.4 is 0 Å². The molecule has 2 aromatic heterocycles. The number of aromatic nitrogens is 3. The Labute approximate surface area is 257 Å². The molecule has 2 unspecified atom stereocenters. The Morgan fingerprint density at radius 3 is 2.00 bits per heavy atom. The van der Waals surface area contributed by atoms with Gasteiger partial charge in [0.2, 0.25) is 0 Å². The minimum Gasteiger partial charge on any atom is -0.455 e. The van der Waals surface area contributed by atoms with Crippen molar-refractivity contribution in [1.82, 2.24) is 15.0 Å². The average molecular weight is 575 g/mol. The predicted octanol–water partition coefficient (Wildman–Crippen LogP) is 9.75. The molecule has 2 aliphatic rings. The molecular weight excluding hydrogens is 540 g/mol. The van der Waals surface area contributed by atoms with E-state index >= 15 is 0 Å². The third-order valence-electron chi connectivity index (χ3n) is 9.93. The van der Waals surface area contributed by atoms with Gasteiger partial charge in [-0.15, -0.1) is 0 Å². The summed E-state index contributed by atoms with van der Waals surface area (Å²) in [6.45, 7) is 4.88. The number of furan rings is 1. The van der Waals surface area contributed by atoms with Crippen molar-refractivity contribution < 1.29 is 4.42 Å². The van der Waals surface area contributed by atoms with Crippen LogP contribution in [0.2, 0.25) is 0 Å². The van der Waals surface area contributed by atoms with Gasteiger partial charge in [-0.1, -0.05) is 80.6 Å². The highest BCUT2D eigenvalue weighted by Crippen LogP contribution is 2.54. The fourth-order valence-corrected chi connectivity index (χ4v) is 8.41. The van der Waals surface area contributed by atoms with Gasteiger partial charge in [-0.05, 0) is 85.1 Å². The maximum Gasteiger partial charge on any atom is 0.164 e. The molecule has 2 fully saturated rings. The third kappa shape index (κ3) is 4.57. The lowest BCUT2D eigenvalue weighted by molar-refractivity contribution is 0.0780. The van der Waals surface area contributed by atoms with E-state index in [-0.39, 0.29) is 5.41 Å². The van der Waals surface area contributed by atoms with E-state index in [9.17, 15) is 5.26 Å². The number of hydrogen-bond acceptors (Lipinski definition) is 5. The molecule has 5 nitrogen and oxygen atoms in total. The van der Waals surface area contributed by atoms with Crippen molar-refractivity contribution in [3.63, 3.8) is 0 Å². The fraction of sp³-hybridized carbons (Fsp3) is 0.282. The van der Waals surface area contributed by atoms with Gasteiger partial charge in [0.25, 0.3) is 0 Å². The Kier molecular flexibility index (Phi) is 6.34. The molecule has 2 aliphatic carbocycles. The monoisotopic (exact) mass is 574 g/mol. The summed E-state index contributed by atoms with van der Waals surface area (Å²) in [4.78, 5) is 14.9. The lowest BCUT2D eigenvalue weighted by Gasteiger charge is -2.50. The molecule has 216 valence electrons. The van der Waals surface area contributed by atoms with E-state index in [1.807, 2.05) is 54.6 Å². The molecule has 0 radical (unpaired) electrons. The largest absolute Gasteiger partial charge is 0.455 e. The molecule has 0 aliphatic heterocycles. The SMILES string of the molecule is C[C@@H]1CC2C[C@H](C)CC(c3ccc(-c4nc(-c5ccccc5)nc(-c5ccc6oc7c(C#N)cccc7c6c5)n4)cc3)(C2)C1. The maximum atomic E-state index is 9.59. The summed E-state index contributed by atoms with van der Waals surface area (Å²) in [7, 11) is 0. The van der Waals surface area contributed by atoms with Gasteiger partial charge in [-0.2, -0.15) is 5.26 Å². The van der Waals surface area contributed by atoms with Crippen LogP contribution in [-0.2, 0) is 5.41 Å². The number of hydrogen-bond donors (Lipinski definition) is 0. The highest BCUT2D eigenvalue weighted by atomic mass is 16.3. The van der Waals surface area contributed by atoms with Crippen LogP contribution in [0.1, 0.15) is 57.1 Å². The molecule has 0 saturated heterocycles. The minimum absolute atomic E-state index is 0.284. The highest BCUT2D eigenvalue weighted by Gasteiger charge is 2.45. The average Bonchev–Trinajstić information content (AvgIpc) is 3.42. The fourth-order valence-electron chi connectivity index (χ4n) is 8.41. The van der Waals surface area contributed by atoms with Crippen LogP contribution >= 0.6 is 0 Å². The Morgan fingerprint density at radius 2 is 1.32 bits per heavy atom. The second-order valence-electron chi connectivity index (χ2n) is 13.3. The van der Waals surface area contributed by atoms with Crippen molar-refractivity contribution in [3.05, 3.63) is 102 Å². The van der Waals surface area contributed by atoms with Crippen molar-refractivity contribution in [2.24, 2.45) is 17.8 Å². The van der Waals surface area contributed by atoms with Gasteiger partial charge in [0.1, 0.15) is 11.7 Å². The maximum absolute atomic E-state index is 9.59. The van der Waals surface area contributed by atoms with Gasteiger partial charge in [0.15, 0.2) is 23.1 Å². The molecule has 0 spiro atoms. The van der Waals surface area contributed by atoms with Crippen LogP contribution in [-0.4, -0.2) is 15.0 Å². The zero-order chi connectivity index (χ0) is 29.8. The number of rotatable bonds is 4. The normalized spacial score (nSPS) is 23.1. The first-order valence-corrected chi connectivity index (χ1v) is 15.8. The summed E-state index contributed by atoms with van der Waals surface area (Å²) < 4.78 is 6.08. The first kappa shape index (κ1) is 26.8. The molecular formula is C39H34N4O. The van der Waals surface area contributed by atoms with Crippen molar-refractivity contribution in [2.45, 2.75) is 51.4 Å². The molecule has 4 atom stereocenters. The van der Waals surface area contributed by atoms with Gasteiger partial charge in [-0.3, -0.25) is 0 Å². The van der Waals surface area contributed by atoms with Gasteiger partial charge in [0.05, 0.1) is 5.56 Å². The summed E-state index contributed by atoms with van der Waals surface area (Å²) in [5.74, 6) is 4.30. The number of para-hydroxylation sites is 1. The standard InChI is InChI=1S/C39H34N4O/c1-24-17-26-18-25(2)21-39(20-24,22-26)31-14-11-28(12-15-31)37-41-36(27-7-4-3-5-8-27)42-38(43-37)29-13-16-34-33(19-29)32-10-6-9-30(23-40)35(32)44-34/h3-16,19,24-26H,17-18,20-22H2,1-2H3/t24-,25+,26?,39?. The van der Waals surface area contributed by atoms with E-state index in [0.717, 1.165) is 50.8 Å². The van der Waals surface area contributed by atoms with Crippen LogP contribution in [0.5, 0.6) is 0 Å². The molecule has 6 aromatic rings. The number of benzene rings is 4. The van der Waals surface area contributed by atoms with Crippen LogP contribution in [0.3, 0.4) is 0 Å². The Hall–Kier alpha value is -4.82. The summed E-state index contributed by atoms with van der Waals surface area (Å²) in [5, 5.41) is 11.4. The highest BCUT2D eigenvalue weighted by molar-refractivity contribution is 6.07. The van der Waals surface area contributed by atoms with Crippen LogP contribution in [0, 0.1) is 29.1 Å². The van der Waals surface area contributed by atoms with E-state index < -0.39 is 0 Å². The summed E-state index contributed by atoms with van der Waals surface area (Å²) >= 11 is 0. The first-order chi connectivity index (χ1) is 21.5. The molecule has 0 N–H and O–H groups in total. The molecule has 44 heavy (non-hydrogen) atoms. The first-order valence-electron chi connectivity index (χ1n) is 15.8. The second kappa shape index (κ2) is 10.4. The summed E-state index contributed by atoms with van der Waals surface area (Å²) in [5.41, 5.74) is 6.42. The Bertz CT molecular complexity index is 2040. The zero-order valence-corrected chi connectivity index (χ0v) is 25.1. The van der Waals surface area contributed by atoms with Crippen molar-refractivity contribution >= 4 is 21.9 Å². The van der Waals surface area contributed by atoms with Crippen LogP contribution in [0.4, 0.5) is 0 Å². The lowest BCUT2D eigenvalue weighted by atomic mass is 9.54. The van der Waals surface area contributed by atoms with Crippen molar-refractivity contribution in [2.75, 3.05) is 0 Å². The number of nitriles is 1. The summed E-state index contributed by atoms with van der Waals surface area (Å²) in [6.07, 6.45) is 6.63. The van der Waals surface area contributed by atoms with Gasteiger partial charge in [0, 0.05) is 27.5 Å². The van der Waals surface area contributed by atoms with Crippen molar-refractivity contribution in [3.8, 4) is 40.2 Å². The molecule has 2 heterocycles. The summed E-state index contributed by atoms with van der Waals surface area (Å²) in [6, 6.07) is 33.1. The van der Waals surface area contributed by atoms with Gasteiger partial charge in [-0.25, -0.2) is 15.0 Å². The molecule has 0 amide bonds.